The molecule has 8 nitrogen and oxygen atoms in total. The summed E-state index contributed by atoms with van der Waals surface area (Å²) in [4.78, 5) is 11.8. The standard InChI is InChI=1S/C22H17ClF3N5O3S/c1-27-21-29-10-13-7-12(3-6-18(13)30-21)16-9-15(4-5-17(16)22(24,25)26)31-35(32,33)19-8-14(23)11-28-20(19)34-2/h3-11,31H,1-2H3,(H,27,29,30). The van der Waals surface area contributed by atoms with Crippen LogP contribution in [-0.2, 0) is 16.2 Å². The molecule has 0 atom stereocenters. The van der Waals surface area contributed by atoms with Gasteiger partial charge in [0.2, 0.25) is 11.8 Å². The molecule has 4 aromatic rings. The van der Waals surface area contributed by atoms with Gasteiger partial charge in [-0.2, -0.15) is 13.2 Å². The van der Waals surface area contributed by atoms with E-state index in [2.05, 4.69) is 25.0 Å². The lowest BCUT2D eigenvalue weighted by Gasteiger charge is -2.16. The number of alkyl halides is 3. The summed E-state index contributed by atoms with van der Waals surface area (Å²) < 4.78 is 74.6. The van der Waals surface area contributed by atoms with E-state index in [1.165, 1.54) is 31.6 Å². The summed E-state index contributed by atoms with van der Waals surface area (Å²) in [6, 6.07) is 8.61. The van der Waals surface area contributed by atoms with Crippen LogP contribution in [0.15, 0.2) is 59.8 Å². The van der Waals surface area contributed by atoms with E-state index in [9.17, 15) is 21.6 Å². The Morgan fingerprint density at radius 3 is 2.49 bits per heavy atom. The fourth-order valence-electron chi connectivity index (χ4n) is 3.38. The van der Waals surface area contributed by atoms with Gasteiger partial charge in [-0.25, -0.2) is 23.4 Å². The highest BCUT2D eigenvalue weighted by molar-refractivity contribution is 7.92. The maximum Gasteiger partial charge on any atom is 0.417 e. The third-order valence-electron chi connectivity index (χ3n) is 4.96. The lowest BCUT2D eigenvalue weighted by Crippen LogP contribution is -2.15. The largest absolute Gasteiger partial charge is 0.480 e. The summed E-state index contributed by atoms with van der Waals surface area (Å²) in [5, 5.41) is 3.34. The molecule has 0 aliphatic rings. The third-order valence-corrected chi connectivity index (χ3v) is 6.54. The summed E-state index contributed by atoms with van der Waals surface area (Å²) in [5.41, 5.74) is -0.535. The zero-order chi connectivity index (χ0) is 25.4. The number of methoxy groups -OCH3 is 1. The Morgan fingerprint density at radius 1 is 1.03 bits per heavy atom. The molecule has 2 N–H and O–H groups in total. The van der Waals surface area contributed by atoms with Crippen molar-refractivity contribution in [2.24, 2.45) is 0 Å². The summed E-state index contributed by atoms with van der Waals surface area (Å²) in [7, 11) is -1.42. The monoisotopic (exact) mass is 523 g/mol. The summed E-state index contributed by atoms with van der Waals surface area (Å²) >= 11 is 5.88. The molecule has 35 heavy (non-hydrogen) atoms. The number of benzene rings is 2. The highest BCUT2D eigenvalue weighted by atomic mass is 35.5. The minimum absolute atomic E-state index is 0.0408. The van der Waals surface area contributed by atoms with E-state index >= 15 is 0 Å². The molecular weight excluding hydrogens is 507 g/mol. The molecule has 0 unspecified atom stereocenters. The first kappa shape index (κ1) is 24.5. The molecule has 182 valence electrons. The van der Waals surface area contributed by atoms with Gasteiger partial charge in [-0.15, -0.1) is 0 Å². The number of aromatic nitrogens is 3. The molecule has 0 saturated carbocycles. The van der Waals surface area contributed by atoms with E-state index in [-0.39, 0.29) is 32.6 Å². The minimum atomic E-state index is -4.69. The Bertz CT molecular complexity index is 1530. The summed E-state index contributed by atoms with van der Waals surface area (Å²) in [6.07, 6.45) is -2.00. The van der Waals surface area contributed by atoms with Crippen molar-refractivity contribution in [1.29, 1.82) is 0 Å². The Morgan fingerprint density at radius 2 is 1.80 bits per heavy atom. The quantitative estimate of drug-likeness (QED) is 0.357. The number of ether oxygens (including phenoxy) is 1. The van der Waals surface area contributed by atoms with Gasteiger partial charge in [-0.1, -0.05) is 17.7 Å². The van der Waals surface area contributed by atoms with E-state index in [4.69, 9.17) is 16.3 Å². The van der Waals surface area contributed by atoms with Crippen LogP contribution in [0.4, 0.5) is 24.8 Å². The molecular formula is C22H17ClF3N5O3S. The molecule has 0 fully saturated rings. The van der Waals surface area contributed by atoms with Crippen LogP contribution in [0.1, 0.15) is 5.56 Å². The molecule has 4 rings (SSSR count). The third kappa shape index (κ3) is 5.08. The molecule has 0 spiro atoms. The van der Waals surface area contributed by atoms with Crippen molar-refractivity contribution in [2.45, 2.75) is 11.1 Å². The summed E-state index contributed by atoms with van der Waals surface area (Å²) in [5.74, 6) is 0.146. The zero-order valence-corrected chi connectivity index (χ0v) is 19.8. The second-order valence-electron chi connectivity index (χ2n) is 7.24. The van der Waals surface area contributed by atoms with Gasteiger partial charge in [0.15, 0.2) is 4.90 Å². The molecule has 0 saturated heterocycles. The number of rotatable bonds is 6. The van der Waals surface area contributed by atoms with Gasteiger partial charge in [0.25, 0.3) is 10.0 Å². The van der Waals surface area contributed by atoms with Crippen molar-refractivity contribution in [1.82, 2.24) is 15.0 Å². The van der Waals surface area contributed by atoms with E-state index in [1.54, 1.807) is 13.1 Å². The molecule has 0 bridgehead atoms. The SMILES string of the molecule is CNc1ncc2cc(-c3cc(NS(=O)(=O)c4cc(Cl)cnc4OC)ccc3C(F)(F)F)ccc2n1. The average Bonchev–Trinajstić information content (AvgIpc) is 2.82. The van der Waals surface area contributed by atoms with Crippen LogP contribution >= 0.6 is 11.6 Å². The van der Waals surface area contributed by atoms with E-state index in [0.717, 1.165) is 24.3 Å². The molecule has 13 heteroatoms. The van der Waals surface area contributed by atoms with Gasteiger partial charge in [-0.3, -0.25) is 4.72 Å². The van der Waals surface area contributed by atoms with Gasteiger partial charge < -0.3 is 10.1 Å². The minimum Gasteiger partial charge on any atom is -0.480 e. The predicted octanol–water partition coefficient (Wildman–Crippen LogP) is 5.22. The van der Waals surface area contributed by atoms with E-state index in [1.807, 2.05) is 0 Å². The Hall–Kier alpha value is -3.64. The number of nitrogens with zero attached hydrogens (tertiary/aromatic N) is 3. The van der Waals surface area contributed by atoms with Crippen LogP contribution in [-0.4, -0.2) is 37.5 Å². The molecule has 2 aromatic heterocycles. The van der Waals surface area contributed by atoms with Crippen molar-refractivity contribution >= 4 is 44.2 Å². The van der Waals surface area contributed by atoms with Crippen LogP contribution in [0.2, 0.25) is 5.02 Å². The molecule has 0 aliphatic heterocycles. The second kappa shape index (κ2) is 9.19. The predicted molar refractivity (Wildman–Crippen MR) is 126 cm³/mol. The molecule has 2 heterocycles. The van der Waals surface area contributed by atoms with Gasteiger partial charge in [0, 0.05) is 30.5 Å². The average molecular weight is 524 g/mol. The van der Waals surface area contributed by atoms with Gasteiger partial charge >= 0.3 is 6.18 Å². The maximum absolute atomic E-state index is 13.8. The lowest BCUT2D eigenvalue weighted by atomic mass is 9.97. The van der Waals surface area contributed by atoms with E-state index < -0.39 is 21.8 Å². The topological polar surface area (TPSA) is 106 Å². The first-order valence-electron chi connectivity index (χ1n) is 9.90. The molecule has 0 aliphatic carbocycles. The normalized spacial score (nSPS) is 11.9. The number of halogens is 4. The Balaban J connectivity index is 1.81. The number of fused-ring (bicyclic) bond motifs is 1. The van der Waals surface area contributed by atoms with E-state index in [0.29, 0.717) is 16.9 Å². The number of hydrogen-bond donors (Lipinski definition) is 2. The second-order valence-corrected chi connectivity index (χ2v) is 9.33. The Kier molecular flexibility index (Phi) is 6.43. The van der Waals surface area contributed by atoms with Crippen molar-refractivity contribution in [3.05, 3.63) is 65.4 Å². The van der Waals surface area contributed by atoms with Crippen molar-refractivity contribution in [2.75, 3.05) is 24.2 Å². The zero-order valence-electron chi connectivity index (χ0n) is 18.2. The van der Waals surface area contributed by atoms with Crippen LogP contribution < -0.4 is 14.8 Å². The highest BCUT2D eigenvalue weighted by Crippen LogP contribution is 2.39. The molecule has 0 radical (unpaired) electrons. The first-order chi connectivity index (χ1) is 16.5. The molecule has 2 aromatic carbocycles. The van der Waals surface area contributed by atoms with Crippen molar-refractivity contribution < 1.29 is 26.3 Å². The smallest absolute Gasteiger partial charge is 0.417 e. The van der Waals surface area contributed by atoms with Gasteiger partial charge in [0.1, 0.15) is 0 Å². The van der Waals surface area contributed by atoms with Crippen molar-refractivity contribution in [3.63, 3.8) is 0 Å². The van der Waals surface area contributed by atoms with Gasteiger partial charge in [0.05, 0.1) is 23.2 Å². The molecule has 0 amide bonds. The van der Waals surface area contributed by atoms with Crippen molar-refractivity contribution in [3.8, 4) is 17.0 Å². The van der Waals surface area contributed by atoms with Crippen LogP contribution in [0.3, 0.4) is 0 Å². The number of nitrogens with one attached hydrogen (secondary N) is 2. The fourth-order valence-corrected chi connectivity index (χ4v) is 4.80. The number of sulfonamides is 1. The number of anilines is 2. The van der Waals surface area contributed by atoms with Crippen LogP contribution in [0.25, 0.3) is 22.0 Å². The summed E-state index contributed by atoms with van der Waals surface area (Å²) in [6.45, 7) is 0. The van der Waals surface area contributed by atoms with Crippen LogP contribution in [0.5, 0.6) is 5.88 Å². The lowest BCUT2D eigenvalue weighted by molar-refractivity contribution is -0.137. The first-order valence-corrected chi connectivity index (χ1v) is 11.8. The number of hydrogen-bond acceptors (Lipinski definition) is 7. The maximum atomic E-state index is 13.8. The fraction of sp³-hybridized carbons (Fsp3) is 0.136. The van der Waals surface area contributed by atoms with Crippen LogP contribution in [0, 0.1) is 0 Å². The highest BCUT2D eigenvalue weighted by Gasteiger charge is 2.34. The Labute approximate surface area is 203 Å². The number of pyridine rings is 1. The van der Waals surface area contributed by atoms with Gasteiger partial charge in [-0.05, 0) is 47.5 Å².